The van der Waals surface area contributed by atoms with Crippen LogP contribution in [-0.2, 0) is 4.74 Å². The summed E-state index contributed by atoms with van der Waals surface area (Å²) in [6.45, 7) is 4.48. The molecule has 0 aliphatic carbocycles. The monoisotopic (exact) mass is 310 g/mol. The molecule has 0 aromatic heterocycles. The van der Waals surface area contributed by atoms with Crippen LogP contribution in [0, 0.1) is 0 Å². The maximum atomic E-state index is 5.47. The van der Waals surface area contributed by atoms with Gasteiger partial charge in [0.25, 0.3) is 0 Å². The van der Waals surface area contributed by atoms with Crippen LogP contribution >= 0.6 is 12.2 Å². The number of benzene rings is 1. The van der Waals surface area contributed by atoms with Crippen LogP contribution in [0.5, 0.6) is 5.75 Å². The number of ether oxygens (including phenoxy) is 2. The lowest BCUT2D eigenvalue weighted by Gasteiger charge is -2.32. The van der Waals surface area contributed by atoms with E-state index in [2.05, 4.69) is 22.8 Å². The van der Waals surface area contributed by atoms with Crippen molar-refractivity contribution < 1.29 is 14.4 Å². The average Bonchev–Trinajstić information content (AvgIpc) is 2.56. The van der Waals surface area contributed by atoms with Gasteiger partial charge in [0.05, 0.1) is 26.9 Å². The Balaban J connectivity index is 2.10. The summed E-state index contributed by atoms with van der Waals surface area (Å²) in [6, 6.07) is 8.65. The molecular formula is C15H24N3O2S+. The third-order valence-corrected chi connectivity index (χ3v) is 4.19. The minimum atomic E-state index is 0.353. The molecule has 6 heteroatoms. The minimum Gasteiger partial charge on any atom is -0.497 e. The average molecular weight is 310 g/mol. The van der Waals surface area contributed by atoms with Crippen LogP contribution in [0.1, 0.15) is 11.6 Å². The van der Waals surface area contributed by atoms with Crippen LogP contribution in [0.25, 0.3) is 0 Å². The van der Waals surface area contributed by atoms with Crippen LogP contribution < -0.4 is 20.3 Å². The molecule has 1 aromatic carbocycles. The molecular weight excluding hydrogens is 286 g/mol. The standard InChI is InChI=1S/C15H23N3O2S/c1-16-15(21)17-11-14(18-7-9-20-10-8-18)12-3-5-13(19-2)6-4-12/h3-6,14H,7-11H2,1-2H3,(H2,16,17,21)/p+1/t14-/m1/s1. The summed E-state index contributed by atoms with van der Waals surface area (Å²) in [5, 5.41) is 6.93. The van der Waals surface area contributed by atoms with Crippen molar-refractivity contribution in [2.45, 2.75) is 6.04 Å². The summed E-state index contributed by atoms with van der Waals surface area (Å²) < 4.78 is 10.7. The van der Waals surface area contributed by atoms with E-state index in [0.717, 1.165) is 38.6 Å². The molecule has 2 rings (SSSR count). The highest BCUT2D eigenvalue weighted by atomic mass is 32.1. The number of morpholine rings is 1. The first kappa shape index (κ1) is 16.0. The minimum absolute atomic E-state index is 0.353. The van der Waals surface area contributed by atoms with Gasteiger partial charge in [-0.3, -0.25) is 0 Å². The van der Waals surface area contributed by atoms with Crippen LogP contribution in [-0.4, -0.2) is 52.1 Å². The van der Waals surface area contributed by atoms with Gasteiger partial charge in [0.1, 0.15) is 24.9 Å². The SMILES string of the molecule is CNC(=S)NC[C@H](c1ccc(OC)cc1)[NH+]1CCOCC1. The molecule has 0 spiro atoms. The Morgan fingerprint density at radius 1 is 1.33 bits per heavy atom. The zero-order chi connectivity index (χ0) is 15.1. The normalized spacial score (nSPS) is 17.0. The summed E-state index contributed by atoms with van der Waals surface area (Å²) in [5.41, 5.74) is 1.29. The zero-order valence-electron chi connectivity index (χ0n) is 12.6. The van der Waals surface area contributed by atoms with Gasteiger partial charge < -0.3 is 25.0 Å². The Kier molecular flexibility index (Phi) is 6.22. The molecule has 5 nitrogen and oxygen atoms in total. The van der Waals surface area contributed by atoms with Gasteiger partial charge in [-0.15, -0.1) is 0 Å². The van der Waals surface area contributed by atoms with Gasteiger partial charge >= 0.3 is 0 Å². The molecule has 1 aliphatic heterocycles. The Morgan fingerprint density at radius 2 is 2.00 bits per heavy atom. The first-order chi connectivity index (χ1) is 10.2. The second-order valence-corrected chi connectivity index (χ2v) is 5.46. The summed E-state index contributed by atoms with van der Waals surface area (Å²) in [5.74, 6) is 0.883. The summed E-state index contributed by atoms with van der Waals surface area (Å²) in [7, 11) is 3.52. The Morgan fingerprint density at radius 3 is 2.57 bits per heavy atom. The number of methoxy groups -OCH3 is 1. The molecule has 21 heavy (non-hydrogen) atoms. The van der Waals surface area contributed by atoms with Crippen molar-refractivity contribution >= 4 is 17.3 Å². The van der Waals surface area contributed by atoms with E-state index < -0.39 is 0 Å². The van der Waals surface area contributed by atoms with Gasteiger partial charge in [-0.1, -0.05) is 0 Å². The van der Waals surface area contributed by atoms with Crippen molar-refractivity contribution in [3.05, 3.63) is 29.8 Å². The van der Waals surface area contributed by atoms with Gasteiger partial charge in [0.15, 0.2) is 5.11 Å². The van der Waals surface area contributed by atoms with Crippen LogP contribution in [0.3, 0.4) is 0 Å². The topological polar surface area (TPSA) is 47.0 Å². The Hall–Kier alpha value is -1.37. The summed E-state index contributed by atoms with van der Waals surface area (Å²) in [4.78, 5) is 1.53. The zero-order valence-corrected chi connectivity index (χ0v) is 13.5. The maximum absolute atomic E-state index is 5.47. The van der Waals surface area contributed by atoms with Crippen molar-refractivity contribution in [2.75, 3.05) is 47.0 Å². The van der Waals surface area contributed by atoms with Gasteiger partial charge in [-0.05, 0) is 36.5 Å². The van der Waals surface area contributed by atoms with E-state index in [9.17, 15) is 0 Å². The quantitative estimate of drug-likeness (QED) is 0.655. The molecule has 0 amide bonds. The molecule has 1 heterocycles. The smallest absolute Gasteiger partial charge is 0.166 e. The molecule has 1 fully saturated rings. The van der Waals surface area contributed by atoms with Crippen molar-refractivity contribution in [2.24, 2.45) is 0 Å². The number of hydrogen-bond donors (Lipinski definition) is 3. The maximum Gasteiger partial charge on any atom is 0.166 e. The van der Waals surface area contributed by atoms with E-state index in [1.165, 1.54) is 10.5 Å². The van der Waals surface area contributed by atoms with Gasteiger partial charge in [0, 0.05) is 12.6 Å². The van der Waals surface area contributed by atoms with Gasteiger partial charge in [0.2, 0.25) is 0 Å². The molecule has 0 unspecified atom stereocenters. The fraction of sp³-hybridized carbons (Fsp3) is 0.533. The highest BCUT2D eigenvalue weighted by molar-refractivity contribution is 7.80. The molecule has 0 bridgehead atoms. The number of thiocarbonyl (C=S) groups is 1. The van der Waals surface area contributed by atoms with E-state index in [-0.39, 0.29) is 0 Å². The van der Waals surface area contributed by atoms with Gasteiger partial charge in [-0.25, -0.2) is 0 Å². The Bertz CT molecular complexity index is 447. The molecule has 1 aromatic rings. The largest absolute Gasteiger partial charge is 0.497 e. The Labute approximate surface area is 131 Å². The van der Waals surface area contributed by atoms with Gasteiger partial charge in [-0.2, -0.15) is 0 Å². The molecule has 0 saturated carbocycles. The third kappa shape index (κ3) is 4.56. The molecule has 1 aliphatic rings. The van der Waals surface area contributed by atoms with E-state index in [1.54, 1.807) is 7.11 Å². The number of rotatable bonds is 5. The van der Waals surface area contributed by atoms with Crippen LogP contribution in [0.4, 0.5) is 0 Å². The predicted octanol–water partition coefficient (Wildman–Crippen LogP) is -0.255. The van der Waals surface area contributed by atoms with E-state index >= 15 is 0 Å². The van der Waals surface area contributed by atoms with Crippen LogP contribution in [0.15, 0.2) is 24.3 Å². The third-order valence-electron chi connectivity index (χ3n) is 3.84. The van der Waals surface area contributed by atoms with Crippen molar-refractivity contribution in [3.8, 4) is 5.75 Å². The summed E-state index contributed by atoms with van der Waals surface area (Å²) in [6.07, 6.45) is 0. The molecule has 0 radical (unpaired) electrons. The lowest BCUT2D eigenvalue weighted by molar-refractivity contribution is -0.937. The van der Waals surface area contributed by atoms with E-state index in [4.69, 9.17) is 21.7 Å². The predicted molar refractivity (Wildman–Crippen MR) is 86.9 cm³/mol. The second kappa shape index (κ2) is 8.17. The van der Waals surface area contributed by atoms with Crippen molar-refractivity contribution in [3.63, 3.8) is 0 Å². The summed E-state index contributed by atoms with van der Waals surface area (Å²) >= 11 is 5.19. The highest BCUT2D eigenvalue weighted by Crippen LogP contribution is 2.15. The van der Waals surface area contributed by atoms with Crippen molar-refractivity contribution in [1.82, 2.24) is 10.6 Å². The molecule has 1 saturated heterocycles. The molecule has 1 atom stereocenters. The number of nitrogens with one attached hydrogen (secondary N) is 3. The fourth-order valence-electron chi connectivity index (χ4n) is 2.60. The van der Waals surface area contributed by atoms with Crippen molar-refractivity contribution in [1.29, 1.82) is 0 Å². The van der Waals surface area contributed by atoms with Crippen LogP contribution in [0.2, 0.25) is 0 Å². The fourth-order valence-corrected chi connectivity index (χ4v) is 2.68. The molecule has 3 N–H and O–H groups in total. The van der Waals surface area contributed by atoms with E-state index in [1.807, 2.05) is 19.2 Å². The van der Waals surface area contributed by atoms with E-state index in [0.29, 0.717) is 11.2 Å². The lowest BCUT2D eigenvalue weighted by Crippen LogP contribution is -3.15. The first-order valence-corrected chi connectivity index (χ1v) is 7.67. The first-order valence-electron chi connectivity index (χ1n) is 7.26. The lowest BCUT2D eigenvalue weighted by atomic mass is 10.0. The second-order valence-electron chi connectivity index (χ2n) is 5.06. The number of quaternary nitrogens is 1. The highest BCUT2D eigenvalue weighted by Gasteiger charge is 2.26. The number of hydrogen-bond acceptors (Lipinski definition) is 3. The molecule has 116 valence electrons.